The third-order valence-corrected chi connectivity index (χ3v) is 3.82. The van der Waals surface area contributed by atoms with Crippen LogP contribution in [0.25, 0.3) is 0 Å². The summed E-state index contributed by atoms with van der Waals surface area (Å²) >= 11 is 0. The molecule has 0 rings (SSSR count). The molecule has 0 aliphatic carbocycles. The Bertz CT molecular complexity index is 104. The Morgan fingerprint density at radius 1 is 0.923 bits per heavy atom. The molecule has 13 heavy (non-hydrogen) atoms. The Balaban J connectivity index is 3.87. The van der Waals surface area contributed by atoms with Crippen LogP contribution in [0.2, 0.25) is 0 Å². The summed E-state index contributed by atoms with van der Waals surface area (Å²) in [6.07, 6.45) is 0. The molecule has 0 spiro atoms. The SMILES string of the molecule is CC(C)N[SiH](NN(C)C)NN(C)C. The summed E-state index contributed by atoms with van der Waals surface area (Å²) in [6, 6.07) is 0.497. The summed E-state index contributed by atoms with van der Waals surface area (Å²) < 4.78 is 0. The summed E-state index contributed by atoms with van der Waals surface area (Å²) in [4.78, 5) is 3.48. The van der Waals surface area contributed by atoms with Crippen molar-refractivity contribution >= 4 is 9.28 Å². The molecule has 0 radical (unpaired) electrons. The van der Waals surface area contributed by atoms with Gasteiger partial charge in [0.25, 0.3) is 9.28 Å². The second-order valence-corrected chi connectivity index (χ2v) is 5.52. The second-order valence-electron chi connectivity index (χ2n) is 3.80. The van der Waals surface area contributed by atoms with E-state index in [1.54, 1.807) is 0 Å². The molecule has 0 aromatic rings. The summed E-state index contributed by atoms with van der Waals surface area (Å²) in [5.41, 5.74) is 0. The fraction of sp³-hybridized carbons (Fsp3) is 1.00. The number of nitrogens with zero attached hydrogens (tertiary/aromatic N) is 2. The van der Waals surface area contributed by atoms with Gasteiger partial charge < -0.3 is 4.98 Å². The lowest BCUT2D eigenvalue weighted by molar-refractivity contribution is 0.317. The van der Waals surface area contributed by atoms with E-state index < -0.39 is 9.28 Å². The van der Waals surface area contributed by atoms with Crippen LogP contribution < -0.4 is 15.2 Å². The highest BCUT2D eigenvalue weighted by Gasteiger charge is 2.12. The molecule has 0 heterocycles. The number of hydrogen-bond donors (Lipinski definition) is 3. The molecule has 0 amide bonds. The first-order valence-corrected chi connectivity index (χ1v) is 6.28. The number of rotatable bonds is 6. The Hall–Kier alpha value is 0.0169. The normalized spacial score (nSPS) is 12.5. The van der Waals surface area contributed by atoms with Crippen LogP contribution in [0.4, 0.5) is 0 Å². The minimum atomic E-state index is -1.31. The van der Waals surface area contributed by atoms with Gasteiger partial charge in [0.1, 0.15) is 0 Å². The first-order chi connectivity index (χ1) is 5.91. The summed E-state index contributed by atoms with van der Waals surface area (Å²) in [5.74, 6) is 0. The van der Waals surface area contributed by atoms with Crippen molar-refractivity contribution in [1.82, 2.24) is 25.2 Å². The molecule has 0 saturated carbocycles. The molecule has 0 unspecified atom stereocenters. The van der Waals surface area contributed by atoms with Crippen LogP contribution in [0.5, 0.6) is 0 Å². The third-order valence-electron chi connectivity index (χ3n) is 1.27. The molecule has 5 nitrogen and oxygen atoms in total. The lowest BCUT2D eigenvalue weighted by Gasteiger charge is -2.27. The Morgan fingerprint density at radius 2 is 1.31 bits per heavy atom. The average Bonchev–Trinajstić information content (AvgIpc) is 1.80. The van der Waals surface area contributed by atoms with E-state index in [-0.39, 0.29) is 0 Å². The first-order valence-electron chi connectivity index (χ1n) is 4.55. The van der Waals surface area contributed by atoms with Gasteiger partial charge in [-0.2, -0.15) is 0 Å². The average molecular weight is 205 g/mol. The van der Waals surface area contributed by atoms with Gasteiger partial charge >= 0.3 is 0 Å². The van der Waals surface area contributed by atoms with Crippen LogP contribution in [0.15, 0.2) is 0 Å². The van der Waals surface area contributed by atoms with E-state index >= 15 is 0 Å². The fourth-order valence-corrected chi connectivity index (χ4v) is 2.86. The minimum absolute atomic E-state index is 0.497. The maximum atomic E-state index is 3.48. The molecular weight excluding hydrogens is 182 g/mol. The van der Waals surface area contributed by atoms with Crippen molar-refractivity contribution in [3.05, 3.63) is 0 Å². The Labute approximate surface area is 83.3 Å². The maximum Gasteiger partial charge on any atom is 0.292 e. The van der Waals surface area contributed by atoms with E-state index in [1.165, 1.54) is 0 Å². The molecule has 0 atom stereocenters. The van der Waals surface area contributed by atoms with E-state index in [2.05, 4.69) is 29.0 Å². The number of nitrogens with one attached hydrogen (secondary N) is 3. The molecular formula is C7H23N5Si. The van der Waals surface area contributed by atoms with Crippen molar-refractivity contribution in [2.24, 2.45) is 0 Å². The van der Waals surface area contributed by atoms with Crippen molar-refractivity contribution < 1.29 is 0 Å². The molecule has 0 aromatic heterocycles. The number of hydrogen-bond acceptors (Lipinski definition) is 5. The summed E-state index contributed by atoms with van der Waals surface area (Å²) in [7, 11) is 6.69. The highest BCUT2D eigenvalue weighted by Crippen LogP contribution is 1.78. The highest BCUT2D eigenvalue weighted by molar-refractivity contribution is 6.49. The largest absolute Gasteiger partial charge is 0.312 e. The fourth-order valence-electron chi connectivity index (χ4n) is 0.953. The molecule has 6 heteroatoms. The Kier molecular flexibility index (Phi) is 6.48. The zero-order chi connectivity index (χ0) is 10.4. The molecule has 0 aliphatic heterocycles. The van der Waals surface area contributed by atoms with Crippen LogP contribution in [-0.2, 0) is 0 Å². The summed E-state index contributed by atoms with van der Waals surface area (Å²) in [5, 5.41) is 10.7. The van der Waals surface area contributed by atoms with Crippen molar-refractivity contribution in [1.29, 1.82) is 0 Å². The lowest BCUT2D eigenvalue weighted by Crippen LogP contribution is -2.66. The molecule has 0 saturated heterocycles. The monoisotopic (exact) mass is 205 g/mol. The highest BCUT2D eigenvalue weighted by atomic mass is 28.3. The van der Waals surface area contributed by atoms with Crippen LogP contribution in [0.1, 0.15) is 13.8 Å². The van der Waals surface area contributed by atoms with Crippen LogP contribution in [0, 0.1) is 0 Å². The molecule has 0 bridgehead atoms. The smallest absolute Gasteiger partial charge is 0.292 e. The zero-order valence-corrected chi connectivity index (χ0v) is 10.7. The van der Waals surface area contributed by atoms with Gasteiger partial charge in [0.15, 0.2) is 0 Å². The van der Waals surface area contributed by atoms with Gasteiger partial charge in [-0.25, -0.2) is 0 Å². The van der Waals surface area contributed by atoms with E-state index in [9.17, 15) is 0 Å². The predicted octanol–water partition coefficient (Wildman–Crippen LogP) is -1.17. The minimum Gasteiger partial charge on any atom is -0.312 e. The molecule has 80 valence electrons. The molecule has 0 fully saturated rings. The topological polar surface area (TPSA) is 42.6 Å². The van der Waals surface area contributed by atoms with E-state index in [4.69, 9.17) is 0 Å². The van der Waals surface area contributed by atoms with Crippen molar-refractivity contribution in [3.63, 3.8) is 0 Å². The van der Waals surface area contributed by atoms with Gasteiger partial charge in [0.05, 0.1) is 0 Å². The van der Waals surface area contributed by atoms with Gasteiger partial charge in [-0.05, 0) is 6.04 Å². The van der Waals surface area contributed by atoms with Gasteiger partial charge in [-0.3, -0.25) is 20.2 Å². The third kappa shape index (κ3) is 8.35. The molecule has 0 aliphatic rings. The Morgan fingerprint density at radius 3 is 1.54 bits per heavy atom. The van der Waals surface area contributed by atoms with Crippen LogP contribution >= 0.6 is 0 Å². The van der Waals surface area contributed by atoms with E-state index in [0.29, 0.717) is 6.04 Å². The standard InChI is InChI=1S/C7H23N5Si/c1-7(2)8-13(9-11(3)4)10-12(5)6/h7-10,13H,1-6H3. The number of hydrazine groups is 2. The van der Waals surface area contributed by atoms with Gasteiger partial charge in [-0.1, -0.05) is 13.8 Å². The van der Waals surface area contributed by atoms with Gasteiger partial charge in [-0.15, -0.1) is 0 Å². The first kappa shape index (κ1) is 13.0. The predicted molar refractivity (Wildman–Crippen MR) is 59.1 cm³/mol. The van der Waals surface area contributed by atoms with E-state index in [0.717, 1.165) is 0 Å². The summed E-state index contributed by atoms with van der Waals surface area (Å²) in [6.45, 7) is 4.30. The molecule has 0 aromatic carbocycles. The second kappa shape index (κ2) is 6.47. The van der Waals surface area contributed by atoms with Crippen LogP contribution in [-0.4, -0.2) is 53.5 Å². The van der Waals surface area contributed by atoms with Crippen molar-refractivity contribution in [3.8, 4) is 0 Å². The van der Waals surface area contributed by atoms with Gasteiger partial charge in [0.2, 0.25) is 0 Å². The quantitative estimate of drug-likeness (QED) is 0.377. The zero-order valence-electron chi connectivity index (χ0n) is 9.55. The lowest BCUT2D eigenvalue weighted by atomic mass is 10.4. The van der Waals surface area contributed by atoms with E-state index in [1.807, 2.05) is 38.2 Å². The van der Waals surface area contributed by atoms with Crippen molar-refractivity contribution in [2.75, 3.05) is 28.2 Å². The van der Waals surface area contributed by atoms with Crippen LogP contribution in [0.3, 0.4) is 0 Å². The van der Waals surface area contributed by atoms with Gasteiger partial charge in [0, 0.05) is 28.2 Å². The maximum absolute atomic E-state index is 3.48. The molecule has 3 N–H and O–H groups in total. The van der Waals surface area contributed by atoms with Crippen molar-refractivity contribution in [2.45, 2.75) is 19.9 Å².